The minimum atomic E-state index is -4.41. The molecule has 0 spiro atoms. The van der Waals surface area contributed by atoms with Crippen LogP contribution >= 0.6 is 0 Å². The zero-order valence-electron chi connectivity index (χ0n) is 10.1. The Bertz CT molecular complexity index is 418. The van der Waals surface area contributed by atoms with Crippen LogP contribution in [-0.2, 0) is 6.18 Å². The van der Waals surface area contributed by atoms with Gasteiger partial charge in [-0.15, -0.1) is 0 Å². The molecule has 0 aliphatic carbocycles. The van der Waals surface area contributed by atoms with Crippen molar-refractivity contribution in [2.75, 3.05) is 5.32 Å². The van der Waals surface area contributed by atoms with Crippen LogP contribution in [0.2, 0.25) is 0 Å². The zero-order valence-corrected chi connectivity index (χ0v) is 10.1. The van der Waals surface area contributed by atoms with Gasteiger partial charge in [0.2, 0.25) is 0 Å². The van der Waals surface area contributed by atoms with Crippen molar-refractivity contribution in [1.82, 2.24) is 5.32 Å². The Morgan fingerprint density at radius 3 is 2.61 bits per heavy atom. The average molecular weight is 260 g/mol. The van der Waals surface area contributed by atoms with E-state index in [1.54, 1.807) is 0 Å². The molecule has 0 saturated carbocycles. The largest absolute Gasteiger partial charge is 0.416 e. The van der Waals surface area contributed by atoms with Gasteiger partial charge in [-0.25, -0.2) is 4.79 Å². The first-order chi connectivity index (χ1) is 8.32. The number of hydrogen-bond acceptors (Lipinski definition) is 1. The lowest BCUT2D eigenvalue weighted by Crippen LogP contribution is -2.35. The maximum atomic E-state index is 12.4. The molecule has 2 N–H and O–H groups in total. The fourth-order valence-corrected chi connectivity index (χ4v) is 1.27. The molecule has 0 heterocycles. The number of anilines is 1. The number of halogens is 3. The van der Waals surface area contributed by atoms with Gasteiger partial charge in [0.1, 0.15) is 0 Å². The van der Waals surface area contributed by atoms with Crippen LogP contribution in [-0.4, -0.2) is 12.1 Å². The SMILES string of the molecule is CC[C@@H](C)NC(=O)Nc1cccc(C(F)(F)F)c1. The van der Waals surface area contributed by atoms with Crippen LogP contribution in [0.4, 0.5) is 23.7 Å². The third-order valence-corrected chi connectivity index (χ3v) is 2.44. The van der Waals surface area contributed by atoms with E-state index in [0.717, 1.165) is 18.6 Å². The predicted molar refractivity (Wildman–Crippen MR) is 63.4 cm³/mol. The number of carbonyl (C=O) groups is 1. The summed E-state index contributed by atoms with van der Waals surface area (Å²) in [6, 6.07) is 3.97. The van der Waals surface area contributed by atoms with Crippen molar-refractivity contribution in [2.45, 2.75) is 32.5 Å². The second-order valence-corrected chi connectivity index (χ2v) is 3.99. The summed E-state index contributed by atoms with van der Waals surface area (Å²) in [5.74, 6) is 0. The third kappa shape index (κ3) is 4.27. The first-order valence-electron chi connectivity index (χ1n) is 5.57. The summed E-state index contributed by atoms with van der Waals surface area (Å²) in [5.41, 5.74) is -0.672. The van der Waals surface area contributed by atoms with E-state index in [0.29, 0.717) is 0 Å². The number of hydrogen-bond donors (Lipinski definition) is 2. The molecule has 6 heteroatoms. The Hall–Kier alpha value is -1.72. The maximum absolute atomic E-state index is 12.4. The highest BCUT2D eigenvalue weighted by molar-refractivity contribution is 5.89. The Labute approximate surface area is 103 Å². The van der Waals surface area contributed by atoms with Gasteiger partial charge in [-0.3, -0.25) is 0 Å². The van der Waals surface area contributed by atoms with Crippen LogP contribution in [0.25, 0.3) is 0 Å². The topological polar surface area (TPSA) is 41.1 Å². The number of urea groups is 1. The molecule has 18 heavy (non-hydrogen) atoms. The number of rotatable bonds is 3. The van der Waals surface area contributed by atoms with Gasteiger partial charge < -0.3 is 10.6 Å². The zero-order chi connectivity index (χ0) is 13.8. The van der Waals surface area contributed by atoms with Gasteiger partial charge in [0.05, 0.1) is 5.56 Å². The van der Waals surface area contributed by atoms with Gasteiger partial charge in [0.15, 0.2) is 0 Å². The molecular formula is C12H15F3N2O. The molecule has 1 atom stereocenters. The summed E-state index contributed by atoms with van der Waals surface area (Å²) in [5, 5.41) is 4.97. The van der Waals surface area contributed by atoms with Crippen molar-refractivity contribution in [3.63, 3.8) is 0 Å². The van der Waals surface area contributed by atoms with Gasteiger partial charge in [-0.2, -0.15) is 13.2 Å². The summed E-state index contributed by atoms with van der Waals surface area (Å²) >= 11 is 0. The highest BCUT2D eigenvalue weighted by atomic mass is 19.4. The second-order valence-electron chi connectivity index (χ2n) is 3.99. The van der Waals surface area contributed by atoms with Crippen molar-refractivity contribution in [3.8, 4) is 0 Å². The number of amides is 2. The van der Waals surface area contributed by atoms with Gasteiger partial charge in [0, 0.05) is 11.7 Å². The lowest BCUT2D eigenvalue weighted by atomic mass is 10.2. The number of nitrogens with one attached hydrogen (secondary N) is 2. The quantitative estimate of drug-likeness (QED) is 0.856. The van der Waals surface area contributed by atoms with Crippen LogP contribution in [0.5, 0.6) is 0 Å². The number of carbonyl (C=O) groups excluding carboxylic acids is 1. The molecule has 1 rings (SSSR count). The van der Waals surface area contributed by atoms with Gasteiger partial charge >= 0.3 is 12.2 Å². The minimum Gasteiger partial charge on any atom is -0.335 e. The monoisotopic (exact) mass is 260 g/mol. The van der Waals surface area contributed by atoms with Crippen LogP contribution in [0.1, 0.15) is 25.8 Å². The molecule has 2 amide bonds. The van der Waals surface area contributed by atoms with Gasteiger partial charge in [-0.1, -0.05) is 13.0 Å². The van der Waals surface area contributed by atoms with Crippen molar-refractivity contribution in [1.29, 1.82) is 0 Å². The van der Waals surface area contributed by atoms with E-state index < -0.39 is 17.8 Å². The van der Waals surface area contributed by atoms with Gasteiger partial charge in [-0.05, 0) is 31.5 Å². The summed E-state index contributed by atoms with van der Waals surface area (Å²) in [6.45, 7) is 3.71. The van der Waals surface area contributed by atoms with E-state index in [4.69, 9.17) is 0 Å². The molecule has 0 radical (unpaired) electrons. The predicted octanol–water partition coefficient (Wildman–Crippen LogP) is 3.63. The van der Waals surface area contributed by atoms with Crippen molar-refractivity contribution in [2.24, 2.45) is 0 Å². The second kappa shape index (κ2) is 5.75. The molecule has 0 aliphatic heterocycles. The fraction of sp³-hybridized carbons (Fsp3) is 0.417. The van der Waals surface area contributed by atoms with E-state index in [1.807, 2.05) is 13.8 Å². The Balaban J connectivity index is 2.71. The van der Waals surface area contributed by atoms with Crippen molar-refractivity contribution >= 4 is 11.7 Å². The molecule has 0 unspecified atom stereocenters. The van der Waals surface area contributed by atoms with Gasteiger partial charge in [0.25, 0.3) is 0 Å². The number of benzene rings is 1. The summed E-state index contributed by atoms with van der Waals surface area (Å²) in [4.78, 5) is 11.4. The van der Waals surface area contributed by atoms with E-state index in [-0.39, 0.29) is 11.7 Å². The molecule has 0 saturated heterocycles. The molecule has 1 aromatic rings. The van der Waals surface area contributed by atoms with E-state index in [9.17, 15) is 18.0 Å². The van der Waals surface area contributed by atoms with Crippen LogP contribution in [0.15, 0.2) is 24.3 Å². The summed E-state index contributed by atoms with van der Waals surface area (Å²) in [6.07, 6.45) is -3.67. The molecular weight excluding hydrogens is 245 g/mol. The maximum Gasteiger partial charge on any atom is 0.416 e. The lowest BCUT2D eigenvalue weighted by molar-refractivity contribution is -0.137. The summed E-state index contributed by atoms with van der Waals surface area (Å²) in [7, 11) is 0. The molecule has 0 bridgehead atoms. The Morgan fingerprint density at radius 1 is 1.39 bits per heavy atom. The molecule has 0 fully saturated rings. The normalized spacial score (nSPS) is 12.9. The highest BCUT2D eigenvalue weighted by Crippen LogP contribution is 2.30. The van der Waals surface area contributed by atoms with Crippen LogP contribution < -0.4 is 10.6 Å². The van der Waals surface area contributed by atoms with E-state index >= 15 is 0 Å². The van der Waals surface area contributed by atoms with Crippen LogP contribution in [0.3, 0.4) is 0 Å². The van der Waals surface area contributed by atoms with E-state index in [2.05, 4.69) is 10.6 Å². The molecule has 100 valence electrons. The molecule has 0 aromatic heterocycles. The molecule has 1 aromatic carbocycles. The Kier molecular flexibility index (Phi) is 4.58. The van der Waals surface area contributed by atoms with Crippen LogP contribution in [0, 0.1) is 0 Å². The third-order valence-electron chi connectivity index (χ3n) is 2.44. The molecule has 3 nitrogen and oxygen atoms in total. The smallest absolute Gasteiger partial charge is 0.335 e. The van der Waals surface area contributed by atoms with Crippen molar-refractivity contribution < 1.29 is 18.0 Å². The first-order valence-corrected chi connectivity index (χ1v) is 5.57. The lowest BCUT2D eigenvalue weighted by Gasteiger charge is -2.13. The van der Waals surface area contributed by atoms with E-state index in [1.165, 1.54) is 12.1 Å². The summed E-state index contributed by atoms with van der Waals surface area (Å²) < 4.78 is 37.3. The highest BCUT2D eigenvalue weighted by Gasteiger charge is 2.30. The minimum absolute atomic E-state index is 0.0317. The fourth-order valence-electron chi connectivity index (χ4n) is 1.27. The first kappa shape index (κ1) is 14.3. The average Bonchev–Trinajstić information content (AvgIpc) is 2.27. The van der Waals surface area contributed by atoms with Crippen molar-refractivity contribution in [3.05, 3.63) is 29.8 Å². The molecule has 0 aliphatic rings. The standard InChI is InChI=1S/C12H15F3N2O/c1-3-8(2)16-11(18)17-10-6-4-5-9(7-10)12(13,14)15/h4-8H,3H2,1-2H3,(H2,16,17,18)/t8-/m1/s1. The number of alkyl halides is 3. The Morgan fingerprint density at radius 2 is 2.06 bits per heavy atom.